The molecule has 1 aromatic rings. The van der Waals surface area contributed by atoms with Crippen LogP contribution in [0.25, 0.3) is 0 Å². The number of anilines is 2. The van der Waals surface area contributed by atoms with Gasteiger partial charge in [-0.15, -0.1) is 0 Å². The molecule has 1 aliphatic rings. The van der Waals surface area contributed by atoms with Crippen LogP contribution >= 0.6 is 0 Å². The second-order valence-corrected chi connectivity index (χ2v) is 4.78. The molecule has 0 spiro atoms. The van der Waals surface area contributed by atoms with Crippen molar-refractivity contribution in [1.82, 2.24) is 4.90 Å². The number of carbonyl (C=O) groups is 1. The summed E-state index contributed by atoms with van der Waals surface area (Å²) in [6.45, 7) is 6.12. The lowest BCUT2D eigenvalue weighted by molar-refractivity contribution is 0.0527. The third-order valence-electron chi connectivity index (χ3n) is 3.40. The van der Waals surface area contributed by atoms with Gasteiger partial charge < -0.3 is 20.3 Å². The van der Waals surface area contributed by atoms with Crippen LogP contribution in [0.3, 0.4) is 0 Å². The molecule has 0 bridgehead atoms. The molecule has 1 heterocycles. The molecular weight excluding hydrogens is 242 g/mol. The average Bonchev–Trinajstić information content (AvgIpc) is 2.40. The van der Waals surface area contributed by atoms with Crippen LogP contribution in [0.1, 0.15) is 17.3 Å². The molecule has 19 heavy (non-hydrogen) atoms. The molecular formula is C14H21N3O2. The second-order valence-electron chi connectivity index (χ2n) is 4.78. The van der Waals surface area contributed by atoms with Crippen molar-refractivity contribution in [2.24, 2.45) is 0 Å². The molecule has 5 nitrogen and oxygen atoms in total. The minimum Gasteiger partial charge on any atom is -0.462 e. The summed E-state index contributed by atoms with van der Waals surface area (Å²) in [5.41, 5.74) is 7.80. The minimum absolute atomic E-state index is 0.351. The van der Waals surface area contributed by atoms with Gasteiger partial charge in [-0.1, -0.05) is 0 Å². The lowest BCUT2D eigenvalue weighted by Crippen LogP contribution is -2.44. The van der Waals surface area contributed by atoms with Crippen molar-refractivity contribution in [3.8, 4) is 0 Å². The van der Waals surface area contributed by atoms with Gasteiger partial charge in [-0.3, -0.25) is 0 Å². The number of esters is 1. The molecule has 2 rings (SSSR count). The molecule has 5 heteroatoms. The zero-order valence-electron chi connectivity index (χ0n) is 11.6. The van der Waals surface area contributed by atoms with Gasteiger partial charge in [-0.05, 0) is 32.2 Å². The predicted molar refractivity (Wildman–Crippen MR) is 76.5 cm³/mol. The molecule has 0 atom stereocenters. The van der Waals surface area contributed by atoms with E-state index >= 15 is 0 Å². The molecule has 1 saturated heterocycles. The van der Waals surface area contributed by atoms with Crippen LogP contribution in [-0.4, -0.2) is 50.7 Å². The molecule has 0 aromatic heterocycles. The highest BCUT2D eigenvalue weighted by molar-refractivity contribution is 5.96. The summed E-state index contributed by atoms with van der Waals surface area (Å²) in [5, 5.41) is 0. The van der Waals surface area contributed by atoms with Crippen molar-refractivity contribution < 1.29 is 9.53 Å². The maximum Gasteiger partial charge on any atom is 0.340 e. The molecule has 2 N–H and O–H groups in total. The Hall–Kier alpha value is -1.75. The van der Waals surface area contributed by atoms with Crippen LogP contribution in [0.4, 0.5) is 11.4 Å². The fourth-order valence-electron chi connectivity index (χ4n) is 2.19. The Labute approximate surface area is 113 Å². The van der Waals surface area contributed by atoms with E-state index in [2.05, 4.69) is 16.8 Å². The Balaban J connectivity index is 2.18. The van der Waals surface area contributed by atoms with E-state index in [1.54, 1.807) is 13.0 Å². The van der Waals surface area contributed by atoms with Crippen molar-refractivity contribution in [1.29, 1.82) is 0 Å². The van der Waals surface area contributed by atoms with Crippen molar-refractivity contribution in [2.45, 2.75) is 6.92 Å². The predicted octanol–water partition coefficient (Wildman–Crippen LogP) is 1.20. The van der Waals surface area contributed by atoms with E-state index in [1.165, 1.54) is 0 Å². The molecule has 1 fully saturated rings. The number of likely N-dealkylation sites (N-methyl/N-ethyl adjacent to an activating group) is 1. The molecule has 1 aromatic carbocycles. The Morgan fingerprint density at radius 1 is 1.32 bits per heavy atom. The van der Waals surface area contributed by atoms with E-state index in [-0.39, 0.29) is 5.97 Å². The van der Waals surface area contributed by atoms with Gasteiger partial charge >= 0.3 is 5.97 Å². The maximum absolute atomic E-state index is 11.8. The number of nitrogen functional groups attached to an aromatic ring is 1. The van der Waals surface area contributed by atoms with Gasteiger partial charge in [0.2, 0.25) is 0 Å². The Morgan fingerprint density at radius 3 is 2.63 bits per heavy atom. The number of hydrogen-bond acceptors (Lipinski definition) is 5. The summed E-state index contributed by atoms with van der Waals surface area (Å²) in [6.07, 6.45) is 0. The first-order valence-electron chi connectivity index (χ1n) is 6.62. The van der Waals surface area contributed by atoms with E-state index in [1.807, 2.05) is 12.1 Å². The molecule has 0 aliphatic carbocycles. The van der Waals surface area contributed by atoms with Crippen LogP contribution in [0.2, 0.25) is 0 Å². The highest BCUT2D eigenvalue weighted by Gasteiger charge is 2.17. The van der Waals surface area contributed by atoms with E-state index in [0.717, 1.165) is 31.9 Å². The molecule has 0 saturated carbocycles. The fourth-order valence-corrected chi connectivity index (χ4v) is 2.19. The van der Waals surface area contributed by atoms with Crippen LogP contribution in [0.5, 0.6) is 0 Å². The Kier molecular flexibility index (Phi) is 4.27. The third kappa shape index (κ3) is 3.17. The summed E-state index contributed by atoms with van der Waals surface area (Å²) in [4.78, 5) is 16.4. The van der Waals surface area contributed by atoms with Gasteiger partial charge in [0.1, 0.15) is 0 Å². The normalized spacial score (nSPS) is 16.4. The van der Waals surface area contributed by atoms with E-state index in [0.29, 0.717) is 17.9 Å². The van der Waals surface area contributed by atoms with Gasteiger partial charge in [-0.2, -0.15) is 0 Å². The first kappa shape index (κ1) is 13.7. The van der Waals surface area contributed by atoms with Crippen LogP contribution < -0.4 is 10.6 Å². The summed E-state index contributed by atoms with van der Waals surface area (Å²) >= 11 is 0. The minimum atomic E-state index is -0.351. The second kappa shape index (κ2) is 5.93. The summed E-state index contributed by atoms with van der Waals surface area (Å²) < 4.78 is 5.02. The summed E-state index contributed by atoms with van der Waals surface area (Å²) in [7, 11) is 2.12. The Bertz CT molecular complexity index is 454. The monoisotopic (exact) mass is 263 g/mol. The van der Waals surface area contributed by atoms with E-state index < -0.39 is 0 Å². The van der Waals surface area contributed by atoms with Crippen molar-refractivity contribution in [2.75, 3.05) is 50.5 Å². The number of ether oxygens (including phenoxy) is 1. The quantitative estimate of drug-likeness (QED) is 0.656. The topological polar surface area (TPSA) is 58.8 Å². The largest absolute Gasteiger partial charge is 0.462 e. The standard InChI is InChI=1S/C14H21N3O2/c1-3-19-14(18)12-10-11(4-5-13(12)15)17-8-6-16(2)7-9-17/h4-5,10H,3,6-9,15H2,1-2H3. The maximum atomic E-state index is 11.8. The zero-order chi connectivity index (χ0) is 13.8. The number of rotatable bonds is 3. The number of hydrogen-bond donors (Lipinski definition) is 1. The van der Waals surface area contributed by atoms with Gasteiger partial charge in [0.05, 0.1) is 12.2 Å². The first-order chi connectivity index (χ1) is 9.11. The van der Waals surface area contributed by atoms with Gasteiger partial charge in [0.25, 0.3) is 0 Å². The lowest BCUT2D eigenvalue weighted by Gasteiger charge is -2.34. The summed E-state index contributed by atoms with van der Waals surface area (Å²) in [6, 6.07) is 5.57. The number of nitrogens with two attached hydrogens (primary N) is 1. The van der Waals surface area contributed by atoms with Crippen molar-refractivity contribution in [3.05, 3.63) is 23.8 Å². The smallest absolute Gasteiger partial charge is 0.340 e. The number of carbonyl (C=O) groups excluding carboxylic acids is 1. The van der Waals surface area contributed by atoms with Gasteiger partial charge in [0, 0.05) is 37.6 Å². The molecule has 0 radical (unpaired) electrons. The third-order valence-corrected chi connectivity index (χ3v) is 3.40. The van der Waals surface area contributed by atoms with Crippen LogP contribution in [-0.2, 0) is 4.74 Å². The highest BCUT2D eigenvalue weighted by atomic mass is 16.5. The first-order valence-corrected chi connectivity index (χ1v) is 6.62. The molecule has 0 amide bonds. The van der Waals surface area contributed by atoms with E-state index in [9.17, 15) is 4.79 Å². The SMILES string of the molecule is CCOC(=O)c1cc(N2CCN(C)CC2)ccc1N. The van der Waals surface area contributed by atoms with Crippen LogP contribution in [0.15, 0.2) is 18.2 Å². The van der Waals surface area contributed by atoms with Crippen molar-refractivity contribution >= 4 is 17.3 Å². The van der Waals surface area contributed by atoms with Crippen molar-refractivity contribution in [3.63, 3.8) is 0 Å². The number of benzene rings is 1. The number of piperazine rings is 1. The van der Waals surface area contributed by atoms with Crippen LogP contribution in [0, 0.1) is 0 Å². The highest BCUT2D eigenvalue weighted by Crippen LogP contribution is 2.23. The molecule has 104 valence electrons. The lowest BCUT2D eigenvalue weighted by atomic mass is 10.1. The summed E-state index contributed by atoms with van der Waals surface area (Å²) in [5.74, 6) is -0.351. The fraction of sp³-hybridized carbons (Fsp3) is 0.500. The molecule has 0 unspecified atom stereocenters. The number of nitrogens with zero attached hydrogens (tertiary/aromatic N) is 2. The van der Waals surface area contributed by atoms with E-state index in [4.69, 9.17) is 10.5 Å². The molecule has 1 aliphatic heterocycles. The zero-order valence-corrected chi connectivity index (χ0v) is 11.6. The van der Waals surface area contributed by atoms with Gasteiger partial charge in [0.15, 0.2) is 0 Å². The van der Waals surface area contributed by atoms with Gasteiger partial charge in [-0.25, -0.2) is 4.79 Å². The average molecular weight is 263 g/mol. The Morgan fingerprint density at radius 2 is 2.00 bits per heavy atom.